The number of aromatic nitrogens is 2. The number of aromatic amines is 2. The Morgan fingerprint density at radius 3 is 1.05 bits per heavy atom. The van der Waals surface area contributed by atoms with Gasteiger partial charge in [0, 0.05) is 42.4 Å². The third kappa shape index (κ3) is 5.39. The molecule has 2 N–H and O–H groups in total. The summed E-state index contributed by atoms with van der Waals surface area (Å²) in [5.41, 5.74) is 6.18. The number of para-hydroxylation sites is 2. The molecule has 10 rings (SSSR count). The average molecular weight is 903 g/mol. The van der Waals surface area contributed by atoms with Gasteiger partial charge in [0.15, 0.2) is 0 Å². The quantitative estimate of drug-likeness (QED) is 0.162. The first-order chi connectivity index (χ1) is 29.4. The van der Waals surface area contributed by atoms with E-state index in [1.54, 1.807) is 24.3 Å². The zero-order chi connectivity index (χ0) is 44.1. The van der Waals surface area contributed by atoms with Crippen LogP contribution in [-0.4, -0.2) is 33.6 Å². The lowest BCUT2D eigenvalue weighted by Gasteiger charge is -2.36. The number of hydrogen-bond donors (Lipinski definition) is 2. The lowest BCUT2D eigenvalue weighted by molar-refractivity contribution is 0.0875. The van der Waals surface area contributed by atoms with Crippen LogP contribution in [0.4, 0.5) is 11.4 Å². The van der Waals surface area contributed by atoms with Crippen molar-refractivity contribution in [3.05, 3.63) is 125 Å². The maximum Gasteiger partial charge on any atom is 0.268 e. The maximum atomic E-state index is 15.9. The number of amides is 4. The van der Waals surface area contributed by atoms with Crippen molar-refractivity contribution in [2.24, 2.45) is 0 Å². The normalized spacial score (nSPS) is 14.5. The number of anilines is 2. The minimum atomic E-state index is -0.611. The lowest BCUT2D eigenvalue weighted by atomic mass is 9.80. The number of benzene rings is 6. The summed E-state index contributed by atoms with van der Waals surface area (Å²) in [5, 5.41) is 3.18. The smallest absolute Gasteiger partial charge is 0.268 e. The van der Waals surface area contributed by atoms with Gasteiger partial charge in [-0.05, 0) is 70.2 Å². The first kappa shape index (κ1) is 40.7. The molecule has 62 heavy (non-hydrogen) atoms. The molecule has 0 radical (unpaired) electrons. The van der Waals surface area contributed by atoms with Gasteiger partial charge in [-0.15, -0.1) is 0 Å². The van der Waals surface area contributed by atoms with Gasteiger partial charge in [0.05, 0.1) is 65.7 Å². The maximum absolute atomic E-state index is 15.9. The van der Waals surface area contributed by atoms with Crippen molar-refractivity contribution in [3.8, 4) is 0 Å². The van der Waals surface area contributed by atoms with Crippen LogP contribution >= 0.6 is 46.4 Å². The second-order valence-electron chi connectivity index (χ2n) is 17.7. The van der Waals surface area contributed by atoms with Gasteiger partial charge >= 0.3 is 0 Å². The molecular formula is C50H40Cl4N4O4. The van der Waals surface area contributed by atoms with Crippen LogP contribution in [0.5, 0.6) is 0 Å². The molecule has 312 valence electrons. The highest BCUT2D eigenvalue weighted by atomic mass is 35.5. The molecule has 4 heterocycles. The van der Waals surface area contributed by atoms with Crippen molar-refractivity contribution in [1.29, 1.82) is 0 Å². The molecule has 0 spiro atoms. The highest BCUT2D eigenvalue weighted by Crippen LogP contribution is 2.53. The van der Waals surface area contributed by atoms with Gasteiger partial charge < -0.3 is 9.97 Å². The summed E-state index contributed by atoms with van der Waals surface area (Å²) in [5.74, 6) is -2.75. The summed E-state index contributed by atoms with van der Waals surface area (Å²) in [6.07, 6.45) is 0. The molecule has 0 bridgehead atoms. The van der Waals surface area contributed by atoms with Crippen LogP contribution in [0.2, 0.25) is 20.1 Å². The third-order valence-corrected chi connectivity index (χ3v) is 13.7. The Morgan fingerprint density at radius 1 is 0.419 bits per heavy atom. The largest absolute Gasteiger partial charge is 0.353 e. The van der Waals surface area contributed by atoms with Crippen LogP contribution in [0.1, 0.15) is 143 Å². The molecule has 4 amide bonds. The van der Waals surface area contributed by atoms with Crippen LogP contribution in [0.15, 0.2) is 60.7 Å². The summed E-state index contributed by atoms with van der Waals surface area (Å²) in [4.78, 5) is 73.0. The number of carbonyl (C=O) groups excluding carboxylic acids is 4. The number of H-pyrrole nitrogens is 2. The molecule has 8 nitrogen and oxygen atoms in total. The van der Waals surface area contributed by atoms with Crippen molar-refractivity contribution in [2.45, 2.75) is 79.1 Å². The Hall–Kier alpha value is -5.38. The van der Waals surface area contributed by atoms with Crippen LogP contribution < -0.4 is 9.80 Å². The number of nitrogens with one attached hydrogen (secondary N) is 2. The molecule has 0 fully saturated rings. The van der Waals surface area contributed by atoms with Crippen LogP contribution in [0, 0.1) is 0 Å². The topological polar surface area (TPSA) is 106 Å². The fourth-order valence-corrected chi connectivity index (χ4v) is 11.1. The predicted octanol–water partition coefficient (Wildman–Crippen LogP) is 14.8. The monoisotopic (exact) mass is 900 g/mol. The van der Waals surface area contributed by atoms with E-state index in [2.05, 4.69) is 9.97 Å². The first-order valence-corrected chi connectivity index (χ1v) is 22.2. The Bertz CT molecular complexity index is 3200. The molecule has 0 saturated carbocycles. The summed E-state index contributed by atoms with van der Waals surface area (Å²) >= 11 is 27.4. The summed E-state index contributed by atoms with van der Waals surface area (Å²) in [6.45, 7) is 16.2. The molecule has 6 aromatic carbocycles. The molecule has 0 unspecified atom stereocenters. The van der Waals surface area contributed by atoms with Gasteiger partial charge in [-0.25, -0.2) is 9.80 Å². The highest BCUT2D eigenvalue weighted by Gasteiger charge is 2.48. The SMILES string of the molecule is CC(C)c1cccc(C(C)C)c1N1C(=O)c2c3[nH]c4c(Cl)cc(Cl)cc4c3c3c4c(c5c([nH]c6c(Cl)cc(Cl)cc65)c(c24)C1=O)C(=O)N(c1c(C(C)C)cccc1C(C)C)C3=O. The Morgan fingerprint density at radius 2 is 0.726 bits per heavy atom. The molecule has 2 aliphatic rings. The van der Waals surface area contributed by atoms with Crippen LogP contribution in [0.3, 0.4) is 0 Å². The fourth-order valence-electron chi connectivity index (χ4n) is 10.0. The number of imide groups is 2. The highest BCUT2D eigenvalue weighted by molar-refractivity contribution is 6.53. The minimum absolute atomic E-state index is 0.0742. The lowest BCUT2D eigenvalue weighted by Crippen LogP contribution is -2.45. The molecule has 2 aliphatic heterocycles. The van der Waals surface area contributed by atoms with Crippen molar-refractivity contribution in [2.75, 3.05) is 9.80 Å². The summed E-state index contributed by atoms with van der Waals surface area (Å²) in [7, 11) is 0. The molecule has 0 aliphatic carbocycles. The Balaban J connectivity index is 1.49. The molecule has 12 heteroatoms. The van der Waals surface area contributed by atoms with E-state index < -0.39 is 23.6 Å². The summed E-state index contributed by atoms with van der Waals surface area (Å²) < 4.78 is 0. The molecule has 0 saturated heterocycles. The van der Waals surface area contributed by atoms with Gasteiger partial charge in [-0.2, -0.15) is 0 Å². The van der Waals surface area contributed by atoms with Crippen molar-refractivity contribution < 1.29 is 19.2 Å². The second kappa shape index (κ2) is 14.1. The number of hydrogen-bond acceptors (Lipinski definition) is 4. The van der Waals surface area contributed by atoms with Gasteiger partial charge in [0.1, 0.15) is 0 Å². The first-order valence-electron chi connectivity index (χ1n) is 20.7. The molecule has 0 atom stereocenters. The van der Waals surface area contributed by atoms with E-state index in [1.807, 2.05) is 91.8 Å². The fraction of sp³-hybridized carbons (Fsp3) is 0.240. The zero-order valence-corrected chi connectivity index (χ0v) is 38.1. The average Bonchev–Trinajstić information content (AvgIpc) is 3.77. The predicted molar refractivity (Wildman–Crippen MR) is 254 cm³/mol. The number of rotatable bonds is 6. The zero-order valence-electron chi connectivity index (χ0n) is 35.1. The van der Waals surface area contributed by atoms with E-state index in [0.29, 0.717) is 54.0 Å². The van der Waals surface area contributed by atoms with Gasteiger partial charge in [-0.3, -0.25) is 19.2 Å². The van der Waals surface area contributed by atoms with E-state index in [1.165, 1.54) is 9.80 Å². The number of fused-ring (bicyclic) bond motifs is 10. The minimum Gasteiger partial charge on any atom is -0.353 e. The van der Waals surface area contributed by atoms with E-state index in [4.69, 9.17) is 46.4 Å². The van der Waals surface area contributed by atoms with Crippen molar-refractivity contribution >= 4 is 136 Å². The van der Waals surface area contributed by atoms with Gasteiger partial charge in [0.2, 0.25) is 0 Å². The summed E-state index contributed by atoms with van der Waals surface area (Å²) in [6, 6.07) is 18.2. The third-order valence-electron chi connectivity index (χ3n) is 12.7. The van der Waals surface area contributed by atoms with E-state index in [9.17, 15) is 0 Å². The van der Waals surface area contributed by atoms with Crippen molar-refractivity contribution in [3.63, 3.8) is 0 Å². The van der Waals surface area contributed by atoms with Crippen molar-refractivity contribution in [1.82, 2.24) is 9.97 Å². The Kier molecular flexibility index (Phi) is 9.23. The number of nitrogens with zero attached hydrogens (tertiary/aromatic N) is 2. The molecular weight excluding hydrogens is 862 g/mol. The van der Waals surface area contributed by atoms with E-state index in [0.717, 1.165) is 22.3 Å². The number of carbonyl (C=O) groups is 4. The van der Waals surface area contributed by atoms with Gasteiger partial charge in [-0.1, -0.05) is 138 Å². The van der Waals surface area contributed by atoms with E-state index in [-0.39, 0.29) is 77.8 Å². The van der Waals surface area contributed by atoms with Crippen LogP contribution in [-0.2, 0) is 0 Å². The van der Waals surface area contributed by atoms with Crippen LogP contribution in [0.25, 0.3) is 54.4 Å². The van der Waals surface area contributed by atoms with Gasteiger partial charge in [0.25, 0.3) is 23.6 Å². The Labute approximate surface area is 377 Å². The molecule has 8 aromatic rings. The standard InChI is InChI=1S/C50H40Cl4N4O4/c1-19(2)25-11-9-12-26(20(3)4)45(25)57-47(59)37-33-29-15-23(51)17-31(53)41(29)55-43(33)39-36-35(37)38(48(57)60)34-30-16-24(52)18-32(54)42(30)56-44(34)40(36)50(62)58(49(39)61)46-27(21(5)6)13-10-14-28(46)22(7)8/h9-22,55-56H,1-8H3. The number of halogens is 4. The van der Waals surface area contributed by atoms with E-state index >= 15 is 19.2 Å². The molecule has 2 aromatic heterocycles. The second-order valence-corrected chi connectivity index (χ2v) is 19.4.